The van der Waals surface area contributed by atoms with Gasteiger partial charge in [-0.05, 0) is 37.0 Å². The second-order valence-corrected chi connectivity index (χ2v) is 6.82. The topological polar surface area (TPSA) is 49.4 Å². The van der Waals surface area contributed by atoms with Gasteiger partial charge in [0.1, 0.15) is 6.04 Å². The SMILES string of the molecule is CCNC(=O)[C@H](CC)N(Cc1ccccc1Cl)C(=O)CCc1ccccc1. The first-order valence-electron chi connectivity index (χ1n) is 9.41. The minimum absolute atomic E-state index is 0.0446. The standard InChI is InChI=1S/C22H27ClN2O2/c1-3-20(22(27)24-4-2)25(16-18-12-8-9-13-19(18)23)21(26)15-14-17-10-6-5-7-11-17/h5-13,20H,3-4,14-16H2,1-2H3,(H,24,27)/t20-/m0/s1. The maximum atomic E-state index is 13.0. The van der Waals surface area contributed by atoms with E-state index >= 15 is 0 Å². The van der Waals surface area contributed by atoms with Gasteiger partial charge in [-0.25, -0.2) is 0 Å². The Bertz CT molecular complexity index is 749. The molecule has 0 spiro atoms. The summed E-state index contributed by atoms with van der Waals surface area (Å²) in [6, 6.07) is 16.8. The first-order chi connectivity index (χ1) is 13.1. The van der Waals surface area contributed by atoms with E-state index in [1.54, 1.807) is 11.0 Å². The first kappa shape index (κ1) is 21.0. The van der Waals surface area contributed by atoms with Crippen molar-refractivity contribution in [2.45, 2.75) is 45.7 Å². The number of carbonyl (C=O) groups is 2. The number of amides is 2. The Balaban J connectivity index is 2.20. The fourth-order valence-corrected chi connectivity index (χ4v) is 3.26. The maximum absolute atomic E-state index is 13.0. The lowest BCUT2D eigenvalue weighted by molar-refractivity contribution is -0.141. The van der Waals surface area contributed by atoms with Gasteiger partial charge in [-0.15, -0.1) is 0 Å². The molecule has 0 unspecified atom stereocenters. The molecule has 0 aliphatic rings. The van der Waals surface area contributed by atoms with E-state index in [-0.39, 0.29) is 11.8 Å². The largest absolute Gasteiger partial charge is 0.355 e. The molecule has 4 nitrogen and oxygen atoms in total. The Labute approximate surface area is 166 Å². The van der Waals surface area contributed by atoms with Crippen LogP contribution in [0.25, 0.3) is 0 Å². The molecule has 5 heteroatoms. The van der Waals surface area contributed by atoms with Gasteiger partial charge in [0.05, 0.1) is 0 Å². The molecule has 0 radical (unpaired) electrons. The fourth-order valence-electron chi connectivity index (χ4n) is 3.06. The quantitative estimate of drug-likeness (QED) is 0.701. The number of benzene rings is 2. The molecule has 0 saturated carbocycles. The normalized spacial score (nSPS) is 11.7. The molecule has 0 bridgehead atoms. The van der Waals surface area contributed by atoms with Gasteiger partial charge in [-0.3, -0.25) is 9.59 Å². The zero-order valence-corrected chi connectivity index (χ0v) is 16.7. The number of nitrogens with zero attached hydrogens (tertiary/aromatic N) is 1. The molecule has 2 rings (SSSR count). The van der Waals surface area contributed by atoms with Gasteiger partial charge in [-0.2, -0.15) is 0 Å². The molecule has 0 saturated heterocycles. The van der Waals surface area contributed by atoms with E-state index < -0.39 is 6.04 Å². The van der Waals surface area contributed by atoms with Crippen LogP contribution in [0.5, 0.6) is 0 Å². The fraction of sp³-hybridized carbons (Fsp3) is 0.364. The lowest BCUT2D eigenvalue weighted by Crippen LogP contribution is -2.49. The summed E-state index contributed by atoms with van der Waals surface area (Å²) in [7, 11) is 0. The van der Waals surface area contributed by atoms with E-state index in [0.29, 0.717) is 37.4 Å². The smallest absolute Gasteiger partial charge is 0.242 e. The third-order valence-corrected chi connectivity index (χ3v) is 4.87. The van der Waals surface area contributed by atoms with E-state index in [0.717, 1.165) is 11.1 Å². The van der Waals surface area contributed by atoms with Crippen molar-refractivity contribution in [3.63, 3.8) is 0 Å². The van der Waals surface area contributed by atoms with Crippen molar-refractivity contribution in [1.29, 1.82) is 0 Å². The molecule has 0 aliphatic carbocycles. The third-order valence-electron chi connectivity index (χ3n) is 4.51. The van der Waals surface area contributed by atoms with Gasteiger partial charge in [0.15, 0.2) is 0 Å². The number of carbonyl (C=O) groups excluding carboxylic acids is 2. The van der Waals surface area contributed by atoms with E-state index in [1.807, 2.05) is 62.4 Å². The molecule has 2 aromatic rings. The lowest BCUT2D eigenvalue weighted by atomic mass is 10.1. The van der Waals surface area contributed by atoms with Crippen LogP contribution in [0.4, 0.5) is 0 Å². The Kier molecular flexibility index (Phi) is 8.34. The first-order valence-corrected chi connectivity index (χ1v) is 9.79. The highest BCUT2D eigenvalue weighted by Gasteiger charge is 2.28. The van der Waals surface area contributed by atoms with Gasteiger partial charge < -0.3 is 10.2 Å². The summed E-state index contributed by atoms with van der Waals surface area (Å²) in [4.78, 5) is 27.2. The average Bonchev–Trinajstić information content (AvgIpc) is 2.68. The van der Waals surface area contributed by atoms with Crippen LogP contribution in [0, 0.1) is 0 Å². The van der Waals surface area contributed by atoms with Gasteiger partial charge in [0.2, 0.25) is 11.8 Å². The highest BCUT2D eigenvalue weighted by atomic mass is 35.5. The number of nitrogens with one attached hydrogen (secondary N) is 1. The van der Waals surface area contributed by atoms with Crippen LogP contribution in [0.15, 0.2) is 54.6 Å². The van der Waals surface area contributed by atoms with Crippen molar-refractivity contribution in [2.24, 2.45) is 0 Å². The molecule has 2 amide bonds. The minimum Gasteiger partial charge on any atom is -0.355 e. The van der Waals surface area contributed by atoms with E-state index in [1.165, 1.54) is 0 Å². The van der Waals surface area contributed by atoms with E-state index in [2.05, 4.69) is 5.32 Å². The molecule has 0 aliphatic heterocycles. The Morgan fingerprint density at radius 3 is 2.33 bits per heavy atom. The maximum Gasteiger partial charge on any atom is 0.242 e. The molecule has 0 heterocycles. The monoisotopic (exact) mass is 386 g/mol. The predicted molar refractivity (Wildman–Crippen MR) is 110 cm³/mol. The Morgan fingerprint density at radius 2 is 1.70 bits per heavy atom. The average molecular weight is 387 g/mol. The molecule has 0 fully saturated rings. The van der Waals surface area contributed by atoms with Crippen LogP contribution < -0.4 is 5.32 Å². The minimum atomic E-state index is -0.510. The molecule has 27 heavy (non-hydrogen) atoms. The van der Waals surface area contributed by atoms with Gasteiger partial charge in [0.25, 0.3) is 0 Å². The second-order valence-electron chi connectivity index (χ2n) is 6.42. The summed E-state index contributed by atoms with van der Waals surface area (Å²) in [5.41, 5.74) is 1.95. The molecule has 2 aromatic carbocycles. The summed E-state index contributed by atoms with van der Waals surface area (Å²) in [5.74, 6) is -0.169. The molecule has 1 N–H and O–H groups in total. The van der Waals surface area contributed by atoms with Crippen molar-refractivity contribution in [2.75, 3.05) is 6.54 Å². The molecular weight excluding hydrogens is 360 g/mol. The summed E-state index contributed by atoms with van der Waals surface area (Å²) in [6.45, 7) is 4.65. The number of rotatable bonds is 9. The number of hydrogen-bond acceptors (Lipinski definition) is 2. The summed E-state index contributed by atoms with van der Waals surface area (Å²) in [6.07, 6.45) is 1.54. The highest BCUT2D eigenvalue weighted by molar-refractivity contribution is 6.31. The molecule has 144 valence electrons. The van der Waals surface area contributed by atoms with Crippen LogP contribution >= 0.6 is 11.6 Å². The Hall–Kier alpha value is -2.33. The number of halogens is 1. The van der Waals surface area contributed by atoms with Crippen molar-refractivity contribution in [3.05, 3.63) is 70.7 Å². The second kappa shape index (κ2) is 10.7. The van der Waals surface area contributed by atoms with E-state index in [9.17, 15) is 9.59 Å². The van der Waals surface area contributed by atoms with Crippen molar-refractivity contribution in [3.8, 4) is 0 Å². The summed E-state index contributed by atoms with van der Waals surface area (Å²) < 4.78 is 0. The number of aryl methyl sites for hydroxylation is 1. The zero-order valence-electron chi connectivity index (χ0n) is 16.0. The van der Waals surface area contributed by atoms with Crippen LogP contribution in [-0.2, 0) is 22.6 Å². The lowest BCUT2D eigenvalue weighted by Gasteiger charge is -2.31. The highest BCUT2D eigenvalue weighted by Crippen LogP contribution is 2.20. The predicted octanol–water partition coefficient (Wildman–Crippen LogP) is 4.22. The Morgan fingerprint density at radius 1 is 1.04 bits per heavy atom. The zero-order chi connectivity index (χ0) is 19.6. The number of hydrogen-bond donors (Lipinski definition) is 1. The molecule has 0 aromatic heterocycles. The van der Waals surface area contributed by atoms with Crippen LogP contribution in [-0.4, -0.2) is 29.3 Å². The van der Waals surface area contributed by atoms with Crippen LogP contribution in [0.2, 0.25) is 5.02 Å². The summed E-state index contributed by atoms with van der Waals surface area (Å²) >= 11 is 6.30. The van der Waals surface area contributed by atoms with Crippen molar-refractivity contribution >= 4 is 23.4 Å². The number of likely N-dealkylation sites (N-methyl/N-ethyl adjacent to an activating group) is 1. The van der Waals surface area contributed by atoms with Crippen LogP contribution in [0.3, 0.4) is 0 Å². The molecular formula is C22H27ClN2O2. The molecule has 1 atom stereocenters. The van der Waals surface area contributed by atoms with E-state index in [4.69, 9.17) is 11.6 Å². The van der Waals surface area contributed by atoms with Gasteiger partial charge in [0, 0.05) is 24.5 Å². The van der Waals surface area contributed by atoms with Crippen molar-refractivity contribution < 1.29 is 9.59 Å². The summed E-state index contributed by atoms with van der Waals surface area (Å²) in [5, 5.41) is 3.44. The van der Waals surface area contributed by atoms with Gasteiger partial charge in [-0.1, -0.05) is 67.1 Å². The van der Waals surface area contributed by atoms with Crippen molar-refractivity contribution in [1.82, 2.24) is 10.2 Å². The van der Waals surface area contributed by atoms with Gasteiger partial charge >= 0.3 is 0 Å². The third kappa shape index (κ3) is 6.10. The van der Waals surface area contributed by atoms with Crippen LogP contribution in [0.1, 0.15) is 37.8 Å².